The number of hydrogen-bond donors (Lipinski definition) is 0. The van der Waals surface area contributed by atoms with Crippen LogP contribution in [0.1, 0.15) is 32.1 Å². The standard InChI is InChI=1S/C8H14O2.CH5P/c1-2-4-8(5-3-1)9-6-7-10-8;1-2/h1-7H2;2H2,1H3. The average molecular weight is 190 g/mol. The summed E-state index contributed by atoms with van der Waals surface area (Å²) in [5, 5.41) is 0. The van der Waals surface area contributed by atoms with Crippen molar-refractivity contribution in [3.63, 3.8) is 0 Å². The zero-order chi connectivity index (χ0) is 8.86. The maximum absolute atomic E-state index is 5.56. The van der Waals surface area contributed by atoms with Gasteiger partial charge in [-0.3, -0.25) is 0 Å². The second kappa shape index (κ2) is 5.16. The van der Waals surface area contributed by atoms with Crippen molar-refractivity contribution in [1.82, 2.24) is 0 Å². The van der Waals surface area contributed by atoms with Crippen molar-refractivity contribution in [1.29, 1.82) is 0 Å². The first kappa shape index (κ1) is 10.4. The van der Waals surface area contributed by atoms with Crippen molar-refractivity contribution in [3.05, 3.63) is 0 Å². The molecule has 2 aliphatic rings. The first-order chi connectivity index (χ1) is 5.91. The number of hydrogen-bond acceptors (Lipinski definition) is 2. The molecule has 1 atom stereocenters. The van der Waals surface area contributed by atoms with Gasteiger partial charge in [0.05, 0.1) is 13.2 Å². The van der Waals surface area contributed by atoms with E-state index in [2.05, 4.69) is 9.24 Å². The summed E-state index contributed by atoms with van der Waals surface area (Å²) in [6.07, 6.45) is 6.15. The summed E-state index contributed by atoms with van der Waals surface area (Å²) in [4.78, 5) is 0. The zero-order valence-electron chi connectivity index (χ0n) is 7.84. The Labute approximate surface area is 77.2 Å². The van der Waals surface area contributed by atoms with Gasteiger partial charge < -0.3 is 9.47 Å². The van der Waals surface area contributed by atoms with Crippen LogP contribution in [0, 0.1) is 0 Å². The zero-order valence-corrected chi connectivity index (χ0v) is 9.00. The van der Waals surface area contributed by atoms with E-state index in [-0.39, 0.29) is 5.79 Å². The molecular weight excluding hydrogens is 171 g/mol. The van der Waals surface area contributed by atoms with Crippen molar-refractivity contribution in [2.75, 3.05) is 19.9 Å². The van der Waals surface area contributed by atoms with Crippen molar-refractivity contribution >= 4 is 9.24 Å². The van der Waals surface area contributed by atoms with Gasteiger partial charge in [0.15, 0.2) is 5.79 Å². The average Bonchev–Trinajstić information content (AvgIpc) is 2.58. The molecule has 0 aromatic carbocycles. The van der Waals surface area contributed by atoms with Gasteiger partial charge in [-0.25, -0.2) is 0 Å². The maximum atomic E-state index is 5.56. The Balaban J connectivity index is 0.000000336. The second-order valence-electron chi connectivity index (χ2n) is 3.17. The van der Waals surface area contributed by atoms with Crippen LogP contribution < -0.4 is 0 Å². The van der Waals surface area contributed by atoms with E-state index in [1.54, 1.807) is 0 Å². The first-order valence-corrected chi connectivity index (χ1v) is 5.92. The van der Waals surface area contributed by atoms with Crippen molar-refractivity contribution in [3.8, 4) is 0 Å². The Morgan fingerprint density at radius 2 is 1.42 bits per heavy atom. The molecule has 0 bridgehead atoms. The lowest BCUT2D eigenvalue weighted by Gasteiger charge is -2.30. The third-order valence-corrected chi connectivity index (χ3v) is 2.43. The van der Waals surface area contributed by atoms with Crippen LogP contribution >= 0.6 is 9.24 Å². The Hall–Kier alpha value is 0.350. The molecule has 1 unspecified atom stereocenters. The molecule has 1 saturated heterocycles. The van der Waals surface area contributed by atoms with Crippen LogP contribution in [-0.2, 0) is 9.47 Å². The fourth-order valence-electron chi connectivity index (χ4n) is 1.88. The molecule has 3 heteroatoms. The van der Waals surface area contributed by atoms with E-state index >= 15 is 0 Å². The van der Waals surface area contributed by atoms with Crippen LogP contribution in [0.3, 0.4) is 0 Å². The summed E-state index contributed by atoms with van der Waals surface area (Å²) in [5.74, 6) is -0.127. The quantitative estimate of drug-likeness (QED) is 0.545. The minimum absolute atomic E-state index is 0.127. The summed E-state index contributed by atoms with van der Waals surface area (Å²) in [6.45, 7) is 3.53. The van der Waals surface area contributed by atoms with Crippen LogP contribution in [0.4, 0.5) is 0 Å². The first-order valence-electron chi connectivity index (χ1n) is 4.77. The topological polar surface area (TPSA) is 18.5 Å². The minimum atomic E-state index is -0.127. The van der Waals surface area contributed by atoms with Crippen LogP contribution in [0.25, 0.3) is 0 Å². The fraction of sp³-hybridized carbons (Fsp3) is 1.00. The number of rotatable bonds is 0. The second-order valence-corrected chi connectivity index (χ2v) is 3.17. The van der Waals surface area contributed by atoms with Gasteiger partial charge in [0.1, 0.15) is 0 Å². The molecular formula is C9H19O2P. The predicted octanol–water partition coefficient (Wildman–Crippen LogP) is 2.18. The van der Waals surface area contributed by atoms with Crippen molar-refractivity contribution in [2.24, 2.45) is 0 Å². The van der Waals surface area contributed by atoms with Gasteiger partial charge >= 0.3 is 0 Å². The Kier molecular flexibility index (Phi) is 4.49. The van der Waals surface area contributed by atoms with Gasteiger partial charge in [0.2, 0.25) is 0 Å². The van der Waals surface area contributed by atoms with Gasteiger partial charge in [0, 0.05) is 12.8 Å². The maximum Gasteiger partial charge on any atom is 0.168 e. The predicted molar refractivity (Wildman–Crippen MR) is 53.4 cm³/mol. The molecule has 72 valence electrons. The van der Waals surface area contributed by atoms with Gasteiger partial charge in [-0.15, -0.1) is 9.24 Å². The lowest BCUT2D eigenvalue weighted by molar-refractivity contribution is -0.176. The highest BCUT2D eigenvalue weighted by molar-refractivity contribution is 7.15. The van der Waals surface area contributed by atoms with E-state index in [9.17, 15) is 0 Å². The van der Waals surface area contributed by atoms with E-state index in [1.807, 2.05) is 6.66 Å². The Morgan fingerprint density at radius 3 is 1.92 bits per heavy atom. The normalized spacial score (nSPS) is 26.5. The minimum Gasteiger partial charge on any atom is -0.348 e. The highest BCUT2D eigenvalue weighted by Gasteiger charge is 2.37. The SMILES string of the molecule is C1CCC2(CC1)OCCO2.CP. The summed E-state index contributed by atoms with van der Waals surface area (Å²) in [5.41, 5.74) is 0. The van der Waals surface area contributed by atoms with E-state index in [1.165, 1.54) is 19.3 Å². The lowest BCUT2D eigenvalue weighted by Crippen LogP contribution is -2.32. The van der Waals surface area contributed by atoms with Crippen molar-refractivity contribution < 1.29 is 9.47 Å². The molecule has 1 saturated carbocycles. The molecule has 1 aliphatic heterocycles. The molecule has 0 N–H and O–H groups in total. The summed E-state index contributed by atoms with van der Waals surface area (Å²) >= 11 is 0. The molecule has 2 nitrogen and oxygen atoms in total. The van der Waals surface area contributed by atoms with Gasteiger partial charge in [-0.05, 0) is 12.8 Å². The molecule has 2 fully saturated rings. The third kappa shape index (κ3) is 2.42. The summed E-state index contributed by atoms with van der Waals surface area (Å²) in [6, 6.07) is 0. The fourth-order valence-corrected chi connectivity index (χ4v) is 1.88. The Morgan fingerprint density at radius 1 is 0.917 bits per heavy atom. The van der Waals surface area contributed by atoms with E-state index in [0.717, 1.165) is 26.1 Å². The molecule has 2 rings (SSSR count). The molecule has 0 radical (unpaired) electrons. The molecule has 0 amide bonds. The van der Waals surface area contributed by atoms with Crippen LogP contribution in [0.2, 0.25) is 0 Å². The van der Waals surface area contributed by atoms with Crippen LogP contribution in [-0.4, -0.2) is 25.7 Å². The third-order valence-electron chi connectivity index (χ3n) is 2.43. The van der Waals surface area contributed by atoms with Crippen LogP contribution in [0.15, 0.2) is 0 Å². The number of ether oxygens (including phenoxy) is 2. The van der Waals surface area contributed by atoms with Gasteiger partial charge in [-0.1, -0.05) is 13.1 Å². The van der Waals surface area contributed by atoms with E-state index < -0.39 is 0 Å². The van der Waals surface area contributed by atoms with Crippen molar-refractivity contribution in [2.45, 2.75) is 37.9 Å². The largest absolute Gasteiger partial charge is 0.348 e. The Bertz CT molecular complexity index is 114. The summed E-state index contributed by atoms with van der Waals surface area (Å²) < 4.78 is 11.1. The van der Waals surface area contributed by atoms with Gasteiger partial charge in [0.25, 0.3) is 0 Å². The highest BCUT2D eigenvalue weighted by atomic mass is 31.0. The van der Waals surface area contributed by atoms with Gasteiger partial charge in [-0.2, -0.15) is 0 Å². The molecule has 0 aromatic rings. The van der Waals surface area contributed by atoms with E-state index in [4.69, 9.17) is 9.47 Å². The monoisotopic (exact) mass is 190 g/mol. The molecule has 1 aliphatic carbocycles. The summed E-state index contributed by atoms with van der Waals surface area (Å²) in [7, 11) is 2.42. The lowest BCUT2D eigenvalue weighted by atomic mass is 9.94. The molecule has 1 heterocycles. The molecule has 1 spiro atoms. The molecule has 0 aromatic heterocycles. The highest BCUT2D eigenvalue weighted by Crippen LogP contribution is 2.35. The van der Waals surface area contributed by atoms with E-state index in [0.29, 0.717) is 0 Å². The van der Waals surface area contributed by atoms with Crippen LogP contribution in [0.5, 0.6) is 0 Å². The smallest absolute Gasteiger partial charge is 0.168 e. The molecule has 12 heavy (non-hydrogen) atoms.